The molecule has 4 N–H and O–H groups in total. The number of sulfonamides is 1. The summed E-state index contributed by atoms with van der Waals surface area (Å²) in [6.45, 7) is 3.88. The van der Waals surface area contributed by atoms with Crippen LogP contribution in [0.5, 0.6) is 0 Å². The summed E-state index contributed by atoms with van der Waals surface area (Å²) in [4.78, 5) is 17.3. The molecule has 2 atom stereocenters. The molecule has 1 aromatic heterocycles. The molecule has 3 aromatic rings. The first-order valence-corrected chi connectivity index (χ1v) is 14.8. The van der Waals surface area contributed by atoms with Crippen LogP contribution in [-0.4, -0.2) is 30.1 Å². The molecule has 0 aliphatic carbocycles. The molecule has 4 rings (SSSR count). The lowest BCUT2D eigenvalue weighted by Crippen LogP contribution is -2.41. The van der Waals surface area contributed by atoms with E-state index in [0.29, 0.717) is 42.6 Å². The molecule has 0 amide bonds. The average Bonchev–Trinajstić information content (AvgIpc) is 2.91. The van der Waals surface area contributed by atoms with Crippen LogP contribution >= 0.6 is 0 Å². The Morgan fingerprint density at radius 2 is 1.88 bits per heavy atom. The zero-order chi connectivity index (χ0) is 28.9. The number of rotatable bonds is 11. The lowest BCUT2D eigenvalue weighted by molar-refractivity contribution is -0.161. The van der Waals surface area contributed by atoms with E-state index >= 15 is 0 Å². The van der Waals surface area contributed by atoms with E-state index in [0.717, 1.165) is 12.0 Å². The van der Waals surface area contributed by atoms with E-state index in [1.807, 2.05) is 13.8 Å². The standard InChI is InChI=1S/C30H34FN3O5S/c1-3-15-30(16-14-20-8-10-22(31)11-9-20)18-26(35)28(29(36)39-30)25(4-2)21-6-5-7-24(17-21)34-40(37,38)27-13-12-23(32)19-33-27/h5-13,17,19,25,34-35H,3-4,14-16,18,32H2,1-2H3/t25-,30+/m0/s1. The van der Waals surface area contributed by atoms with Gasteiger partial charge in [-0.05, 0) is 73.2 Å². The topological polar surface area (TPSA) is 132 Å². The van der Waals surface area contributed by atoms with E-state index in [4.69, 9.17) is 10.5 Å². The number of carbonyl (C=O) groups excluding carboxylic acids is 1. The van der Waals surface area contributed by atoms with Gasteiger partial charge in [0, 0.05) is 18.0 Å². The van der Waals surface area contributed by atoms with Gasteiger partial charge in [-0.1, -0.05) is 44.5 Å². The highest BCUT2D eigenvalue weighted by Crippen LogP contribution is 2.42. The first-order chi connectivity index (χ1) is 19.1. The number of nitrogens with two attached hydrogens (primary N) is 1. The number of aliphatic hydroxyl groups is 1. The summed E-state index contributed by atoms with van der Waals surface area (Å²) in [6.07, 6.45) is 4.29. The molecule has 8 nitrogen and oxygen atoms in total. The maximum atomic E-state index is 13.4. The van der Waals surface area contributed by atoms with Crippen molar-refractivity contribution < 1.29 is 27.4 Å². The highest BCUT2D eigenvalue weighted by Gasteiger charge is 2.43. The minimum absolute atomic E-state index is 0.0206. The summed E-state index contributed by atoms with van der Waals surface area (Å²) < 4.78 is 47.6. The average molecular weight is 568 g/mol. The maximum Gasteiger partial charge on any atom is 0.338 e. The number of aryl methyl sites for hydroxylation is 1. The van der Waals surface area contributed by atoms with Crippen molar-refractivity contribution in [1.29, 1.82) is 0 Å². The quantitative estimate of drug-likeness (QED) is 0.241. The SMILES string of the molecule is CCC[C@@]1(CCc2ccc(F)cc2)CC(O)=C([C@@H](CC)c2cccc(NS(=O)(=O)c3ccc(N)cn3)c2)C(=O)O1. The first-order valence-electron chi connectivity index (χ1n) is 13.3. The van der Waals surface area contributed by atoms with Gasteiger partial charge in [0.05, 0.1) is 17.5 Å². The van der Waals surface area contributed by atoms with Crippen LogP contribution in [-0.2, 0) is 26.0 Å². The van der Waals surface area contributed by atoms with Gasteiger partial charge in [-0.2, -0.15) is 8.42 Å². The van der Waals surface area contributed by atoms with E-state index in [1.54, 1.807) is 36.4 Å². The molecule has 1 aliphatic heterocycles. The molecule has 1 aliphatic rings. The van der Waals surface area contributed by atoms with Crippen molar-refractivity contribution in [2.45, 2.75) is 68.9 Å². The molecule has 0 fully saturated rings. The zero-order valence-corrected chi connectivity index (χ0v) is 23.4. The fraction of sp³-hybridized carbons (Fsp3) is 0.333. The number of pyridine rings is 1. The number of halogens is 1. The summed E-state index contributed by atoms with van der Waals surface area (Å²) in [5.41, 5.74) is 7.13. The van der Waals surface area contributed by atoms with Gasteiger partial charge in [0.1, 0.15) is 17.2 Å². The lowest BCUT2D eigenvalue weighted by atomic mass is 9.80. The second-order valence-corrected chi connectivity index (χ2v) is 11.7. The van der Waals surface area contributed by atoms with Gasteiger partial charge >= 0.3 is 5.97 Å². The second kappa shape index (κ2) is 12.1. The predicted octanol–water partition coefficient (Wildman–Crippen LogP) is 6.03. The fourth-order valence-electron chi connectivity index (χ4n) is 5.22. The van der Waals surface area contributed by atoms with Crippen LogP contribution in [0.4, 0.5) is 15.8 Å². The van der Waals surface area contributed by atoms with Gasteiger partial charge < -0.3 is 15.6 Å². The van der Waals surface area contributed by atoms with Crippen LogP contribution in [0.25, 0.3) is 0 Å². The highest BCUT2D eigenvalue weighted by molar-refractivity contribution is 7.92. The number of nitrogen functional groups attached to an aromatic ring is 1. The molecule has 0 saturated carbocycles. The number of aliphatic hydroxyl groups excluding tert-OH is 1. The number of hydrogen-bond acceptors (Lipinski definition) is 7. The Balaban J connectivity index is 1.58. The molecule has 0 saturated heterocycles. The maximum absolute atomic E-state index is 13.4. The molecule has 40 heavy (non-hydrogen) atoms. The van der Waals surface area contributed by atoms with E-state index in [9.17, 15) is 22.7 Å². The van der Waals surface area contributed by atoms with Crippen LogP contribution in [0, 0.1) is 5.82 Å². The summed E-state index contributed by atoms with van der Waals surface area (Å²) in [7, 11) is -3.97. The highest BCUT2D eigenvalue weighted by atomic mass is 32.2. The summed E-state index contributed by atoms with van der Waals surface area (Å²) >= 11 is 0. The Labute approximate surface area is 234 Å². The number of carbonyl (C=O) groups is 1. The van der Waals surface area contributed by atoms with Crippen molar-refractivity contribution in [2.75, 3.05) is 10.5 Å². The zero-order valence-electron chi connectivity index (χ0n) is 22.6. The molecule has 10 heteroatoms. The van der Waals surface area contributed by atoms with Crippen LogP contribution in [0.15, 0.2) is 83.2 Å². The Morgan fingerprint density at radius 3 is 2.50 bits per heavy atom. The van der Waals surface area contributed by atoms with Crippen molar-refractivity contribution in [3.05, 3.63) is 95.1 Å². The molecular weight excluding hydrogens is 533 g/mol. The Hall–Kier alpha value is -3.92. The van der Waals surface area contributed by atoms with Crippen LogP contribution in [0.3, 0.4) is 0 Å². The van der Waals surface area contributed by atoms with Gasteiger partial charge in [0.15, 0.2) is 5.03 Å². The second-order valence-electron chi connectivity index (χ2n) is 10.1. The van der Waals surface area contributed by atoms with Gasteiger partial charge in [-0.3, -0.25) is 4.72 Å². The van der Waals surface area contributed by atoms with E-state index < -0.39 is 27.5 Å². The summed E-state index contributed by atoms with van der Waals surface area (Å²) in [5.74, 6) is -1.43. The Kier molecular flexibility index (Phi) is 8.78. The van der Waals surface area contributed by atoms with E-state index in [2.05, 4.69) is 9.71 Å². The molecule has 2 heterocycles. The van der Waals surface area contributed by atoms with Crippen LogP contribution in [0.2, 0.25) is 0 Å². The van der Waals surface area contributed by atoms with Crippen molar-refractivity contribution in [3.8, 4) is 0 Å². The first kappa shape index (κ1) is 29.1. The molecule has 0 unspecified atom stereocenters. The van der Waals surface area contributed by atoms with E-state index in [1.165, 1.54) is 30.5 Å². The predicted molar refractivity (Wildman–Crippen MR) is 152 cm³/mol. The number of aromatic nitrogens is 1. The van der Waals surface area contributed by atoms with Gasteiger partial charge in [-0.15, -0.1) is 0 Å². The number of nitrogens with one attached hydrogen (secondary N) is 1. The molecule has 0 spiro atoms. The molecule has 0 bridgehead atoms. The molecule has 0 radical (unpaired) electrons. The minimum atomic E-state index is -3.97. The third kappa shape index (κ3) is 6.62. The number of cyclic esters (lactones) is 1. The van der Waals surface area contributed by atoms with Crippen molar-refractivity contribution >= 4 is 27.4 Å². The Bertz CT molecular complexity index is 1490. The number of hydrogen-bond donors (Lipinski definition) is 3. The third-order valence-electron chi connectivity index (χ3n) is 7.15. The summed E-state index contributed by atoms with van der Waals surface area (Å²) in [5, 5.41) is 11.0. The van der Waals surface area contributed by atoms with Crippen LogP contribution < -0.4 is 10.5 Å². The number of esters is 1. The van der Waals surface area contributed by atoms with Crippen LogP contribution in [0.1, 0.15) is 63.0 Å². The van der Waals surface area contributed by atoms with Crippen molar-refractivity contribution in [3.63, 3.8) is 0 Å². The minimum Gasteiger partial charge on any atom is -0.512 e. The fourth-order valence-corrected chi connectivity index (χ4v) is 6.20. The smallest absolute Gasteiger partial charge is 0.338 e. The molecule has 212 valence electrons. The number of ether oxygens (including phenoxy) is 1. The number of anilines is 2. The van der Waals surface area contributed by atoms with Gasteiger partial charge in [0.25, 0.3) is 10.0 Å². The number of benzene rings is 2. The van der Waals surface area contributed by atoms with Gasteiger partial charge in [-0.25, -0.2) is 14.2 Å². The number of nitrogens with zero attached hydrogens (tertiary/aromatic N) is 1. The summed E-state index contributed by atoms with van der Waals surface area (Å²) in [6, 6.07) is 15.7. The van der Waals surface area contributed by atoms with Gasteiger partial charge in [0.2, 0.25) is 0 Å². The van der Waals surface area contributed by atoms with Crippen molar-refractivity contribution in [1.82, 2.24) is 4.98 Å². The Morgan fingerprint density at radius 1 is 1.12 bits per heavy atom. The lowest BCUT2D eigenvalue weighted by Gasteiger charge is -2.38. The monoisotopic (exact) mass is 567 g/mol. The molecular formula is C30H34FN3O5S. The third-order valence-corrected chi connectivity index (χ3v) is 8.45. The molecule has 2 aromatic carbocycles. The normalized spacial score (nSPS) is 18.3. The van der Waals surface area contributed by atoms with E-state index in [-0.39, 0.29) is 28.6 Å². The largest absolute Gasteiger partial charge is 0.512 e. The van der Waals surface area contributed by atoms with Crippen molar-refractivity contribution in [2.24, 2.45) is 0 Å².